The molecule has 7 heteroatoms. The molecule has 0 radical (unpaired) electrons. The van der Waals surface area contributed by atoms with Crippen LogP contribution in [-0.2, 0) is 9.53 Å². The lowest BCUT2D eigenvalue weighted by molar-refractivity contribution is -0.134. The molecule has 5 aliphatic rings. The molecule has 3 aliphatic heterocycles. The number of cyclic esters (lactones) is 1. The number of carbonyl (C=O) groups excluding carboxylic acids is 2. The number of rotatable bonds is 4. The lowest BCUT2D eigenvalue weighted by Crippen LogP contribution is -2.55. The second-order valence-corrected chi connectivity index (χ2v) is 9.03. The van der Waals surface area contributed by atoms with E-state index < -0.39 is 0 Å². The molecule has 0 aromatic carbocycles. The van der Waals surface area contributed by atoms with Crippen LogP contribution in [0, 0.1) is 0 Å². The van der Waals surface area contributed by atoms with Crippen LogP contribution in [0.3, 0.4) is 0 Å². The van der Waals surface area contributed by atoms with Gasteiger partial charge in [-0.25, -0.2) is 4.79 Å². The van der Waals surface area contributed by atoms with Crippen molar-refractivity contribution in [2.24, 2.45) is 0 Å². The van der Waals surface area contributed by atoms with E-state index in [0.717, 1.165) is 58.2 Å². The second-order valence-electron chi connectivity index (χ2n) is 9.03. The molecular weight excluding hydrogens is 368 g/mol. The van der Waals surface area contributed by atoms with Gasteiger partial charge in [0.15, 0.2) is 0 Å². The topological polar surface area (TPSA) is 56.3 Å². The minimum Gasteiger partial charge on any atom is -0.448 e. The summed E-state index contributed by atoms with van der Waals surface area (Å²) in [6.45, 7) is 7.31. The number of piperazine rings is 1. The zero-order valence-corrected chi connectivity index (χ0v) is 17.2. The molecule has 5 rings (SSSR count). The molecule has 158 valence electrons. The van der Waals surface area contributed by atoms with Crippen LogP contribution in [0.2, 0.25) is 0 Å². The summed E-state index contributed by atoms with van der Waals surface area (Å²) in [7, 11) is 0. The Kier molecular flexibility index (Phi) is 5.35. The Hall–Kier alpha value is -1.86. The highest BCUT2D eigenvalue weighted by Crippen LogP contribution is 2.30. The predicted octanol–water partition coefficient (Wildman–Crippen LogP) is 1.47. The summed E-state index contributed by atoms with van der Waals surface area (Å²) in [4.78, 5) is 33.4. The third-order valence-corrected chi connectivity index (χ3v) is 7.36. The molecule has 3 heterocycles. The third kappa shape index (κ3) is 3.94. The zero-order chi connectivity index (χ0) is 19.8. The van der Waals surface area contributed by atoms with Crippen LogP contribution in [0.4, 0.5) is 4.79 Å². The quantitative estimate of drug-likeness (QED) is 0.715. The standard InChI is InChI=1S/C22H32N4O3/c27-21(25-10-8-24(9-11-25)19-2-1-3-19)16-23-7-6-17-14-20(5-4-18(17)15-23)26-12-13-29-22(26)28/h4-5,19-20H,1-3,6-16H2. The van der Waals surface area contributed by atoms with Gasteiger partial charge in [-0.3, -0.25) is 19.5 Å². The van der Waals surface area contributed by atoms with Crippen LogP contribution in [0.25, 0.3) is 0 Å². The van der Waals surface area contributed by atoms with Gasteiger partial charge in [0.25, 0.3) is 0 Å². The van der Waals surface area contributed by atoms with Crippen LogP contribution in [0.5, 0.6) is 0 Å². The molecule has 2 saturated heterocycles. The molecule has 2 aliphatic carbocycles. The Bertz CT molecular complexity index is 722. The monoisotopic (exact) mass is 400 g/mol. The summed E-state index contributed by atoms with van der Waals surface area (Å²) < 4.78 is 5.09. The van der Waals surface area contributed by atoms with Crippen LogP contribution < -0.4 is 0 Å². The van der Waals surface area contributed by atoms with Crippen LogP contribution in [0.15, 0.2) is 23.3 Å². The van der Waals surface area contributed by atoms with Crippen LogP contribution >= 0.6 is 0 Å². The van der Waals surface area contributed by atoms with E-state index in [-0.39, 0.29) is 18.0 Å². The SMILES string of the molecule is O=C(CN1CCC2=C(C=CC(N3CCOC3=O)C2)C1)N1CCN(C2CCC2)CC1. The molecule has 0 aromatic rings. The Labute approximate surface area is 172 Å². The van der Waals surface area contributed by atoms with Gasteiger partial charge in [-0.05, 0) is 31.3 Å². The number of hydrogen-bond acceptors (Lipinski definition) is 5. The normalized spacial score (nSPS) is 29.1. The predicted molar refractivity (Wildman–Crippen MR) is 109 cm³/mol. The molecule has 2 amide bonds. The Morgan fingerprint density at radius 1 is 1.10 bits per heavy atom. The minimum absolute atomic E-state index is 0.129. The summed E-state index contributed by atoms with van der Waals surface area (Å²) in [5.41, 5.74) is 2.78. The van der Waals surface area contributed by atoms with Gasteiger partial charge in [-0.1, -0.05) is 24.1 Å². The Balaban J connectivity index is 1.11. The summed E-state index contributed by atoms with van der Waals surface area (Å²) >= 11 is 0. The molecule has 1 saturated carbocycles. The van der Waals surface area contributed by atoms with Crippen molar-refractivity contribution in [2.75, 3.05) is 59.0 Å². The highest BCUT2D eigenvalue weighted by atomic mass is 16.6. The fourth-order valence-corrected chi connectivity index (χ4v) is 5.27. The molecule has 29 heavy (non-hydrogen) atoms. The van der Waals surface area contributed by atoms with Gasteiger partial charge in [0.2, 0.25) is 5.91 Å². The lowest BCUT2D eigenvalue weighted by atomic mass is 9.88. The van der Waals surface area contributed by atoms with Crippen LogP contribution in [-0.4, -0.2) is 103 Å². The first-order valence-corrected chi connectivity index (χ1v) is 11.2. The van der Waals surface area contributed by atoms with Gasteiger partial charge in [-0.2, -0.15) is 0 Å². The van der Waals surface area contributed by atoms with Crippen molar-refractivity contribution in [3.63, 3.8) is 0 Å². The largest absolute Gasteiger partial charge is 0.448 e. The average molecular weight is 401 g/mol. The summed E-state index contributed by atoms with van der Waals surface area (Å²) in [5.74, 6) is 0.278. The van der Waals surface area contributed by atoms with Gasteiger partial charge in [0.05, 0.1) is 19.1 Å². The van der Waals surface area contributed by atoms with Crippen molar-refractivity contribution < 1.29 is 14.3 Å². The molecule has 0 aromatic heterocycles. The second kappa shape index (κ2) is 8.11. The highest BCUT2D eigenvalue weighted by molar-refractivity contribution is 5.78. The highest BCUT2D eigenvalue weighted by Gasteiger charge is 2.33. The molecular formula is C22H32N4O3. The maximum absolute atomic E-state index is 12.8. The van der Waals surface area contributed by atoms with E-state index >= 15 is 0 Å². The van der Waals surface area contributed by atoms with Crippen molar-refractivity contribution in [1.82, 2.24) is 19.6 Å². The van der Waals surface area contributed by atoms with Gasteiger partial charge < -0.3 is 9.64 Å². The van der Waals surface area contributed by atoms with Gasteiger partial charge in [-0.15, -0.1) is 0 Å². The van der Waals surface area contributed by atoms with Gasteiger partial charge in [0, 0.05) is 45.3 Å². The Morgan fingerprint density at radius 3 is 2.62 bits per heavy atom. The fraction of sp³-hybridized carbons (Fsp3) is 0.727. The Morgan fingerprint density at radius 2 is 1.93 bits per heavy atom. The molecule has 0 spiro atoms. The average Bonchev–Trinajstić information content (AvgIpc) is 3.13. The molecule has 1 atom stereocenters. The van der Waals surface area contributed by atoms with Crippen molar-refractivity contribution in [3.8, 4) is 0 Å². The molecule has 0 bridgehead atoms. The third-order valence-electron chi connectivity index (χ3n) is 7.36. The molecule has 0 N–H and O–H groups in total. The number of amides is 2. The van der Waals surface area contributed by atoms with Crippen molar-refractivity contribution >= 4 is 12.0 Å². The molecule has 3 fully saturated rings. The maximum atomic E-state index is 12.8. The van der Waals surface area contributed by atoms with Crippen molar-refractivity contribution in [2.45, 2.75) is 44.2 Å². The zero-order valence-electron chi connectivity index (χ0n) is 17.2. The van der Waals surface area contributed by atoms with E-state index in [4.69, 9.17) is 4.74 Å². The minimum atomic E-state index is -0.191. The number of ether oxygens (including phenoxy) is 1. The number of hydrogen-bond donors (Lipinski definition) is 0. The molecule has 7 nitrogen and oxygen atoms in total. The smallest absolute Gasteiger partial charge is 0.410 e. The summed E-state index contributed by atoms with van der Waals surface area (Å²) in [5, 5.41) is 0. The summed E-state index contributed by atoms with van der Waals surface area (Å²) in [6, 6.07) is 0.910. The first-order valence-electron chi connectivity index (χ1n) is 11.2. The van der Waals surface area contributed by atoms with E-state index in [2.05, 4.69) is 26.9 Å². The van der Waals surface area contributed by atoms with E-state index in [1.807, 2.05) is 4.90 Å². The van der Waals surface area contributed by atoms with E-state index in [0.29, 0.717) is 19.7 Å². The maximum Gasteiger partial charge on any atom is 0.410 e. The van der Waals surface area contributed by atoms with Crippen molar-refractivity contribution in [3.05, 3.63) is 23.3 Å². The lowest BCUT2D eigenvalue weighted by Gasteiger charge is -2.43. The van der Waals surface area contributed by atoms with Crippen LogP contribution in [0.1, 0.15) is 32.1 Å². The number of carbonyl (C=O) groups is 2. The molecule has 1 unspecified atom stereocenters. The van der Waals surface area contributed by atoms with Gasteiger partial charge >= 0.3 is 6.09 Å². The van der Waals surface area contributed by atoms with E-state index in [9.17, 15) is 9.59 Å². The van der Waals surface area contributed by atoms with Gasteiger partial charge in [0.1, 0.15) is 6.61 Å². The van der Waals surface area contributed by atoms with Crippen molar-refractivity contribution in [1.29, 1.82) is 0 Å². The first-order chi connectivity index (χ1) is 14.2. The number of nitrogens with zero attached hydrogens (tertiary/aromatic N) is 4. The van der Waals surface area contributed by atoms with E-state index in [1.165, 1.54) is 30.4 Å². The first kappa shape index (κ1) is 19.1. The summed E-state index contributed by atoms with van der Waals surface area (Å²) in [6.07, 6.45) is 10.1. The fourth-order valence-electron chi connectivity index (χ4n) is 5.27. The van der Waals surface area contributed by atoms with E-state index in [1.54, 1.807) is 0 Å².